The third kappa shape index (κ3) is 4.91. The van der Waals surface area contributed by atoms with Crippen LogP contribution in [0, 0.1) is 5.92 Å². The van der Waals surface area contributed by atoms with E-state index in [4.69, 9.17) is 5.73 Å². The van der Waals surface area contributed by atoms with E-state index in [1.54, 1.807) is 6.33 Å². The zero-order valence-corrected chi connectivity index (χ0v) is 13.3. The molecule has 2 aromatic rings. The van der Waals surface area contributed by atoms with Gasteiger partial charge >= 0.3 is 0 Å². The predicted molar refractivity (Wildman–Crippen MR) is 93.0 cm³/mol. The van der Waals surface area contributed by atoms with E-state index in [2.05, 4.69) is 46.6 Å². The summed E-state index contributed by atoms with van der Waals surface area (Å²) in [4.78, 5) is 8.44. The normalized spacial score (nSPS) is 10.7. The summed E-state index contributed by atoms with van der Waals surface area (Å²) < 4.78 is 0. The molecule has 0 saturated carbocycles. The number of anilines is 3. The van der Waals surface area contributed by atoms with Gasteiger partial charge in [-0.2, -0.15) is 0 Å². The van der Waals surface area contributed by atoms with Crippen LogP contribution in [0.5, 0.6) is 0 Å². The smallest absolute Gasteiger partial charge is 0.154 e. The van der Waals surface area contributed by atoms with Crippen LogP contribution in [0.3, 0.4) is 0 Å². The molecule has 0 spiro atoms. The Morgan fingerprint density at radius 2 is 1.64 bits per heavy atom. The van der Waals surface area contributed by atoms with Crippen molar-refractivity contribution in [3.05, 3.63) is 42.2 Å². The minimum atomic E-state index is 0.583. The molecule has 0 aliphatic rings. The molecule has 0 aliphatic heterocycles. The standard InChI is InChI=1S/C17H25N5/c1-13(2)8-10-19-16-15(18)17(22-12-21-16)20-11-9-14-6-4-3-5-7-14/h3-7,12-13H,8-11,18H2,1-2H3,(H2,19,20,21,22). The number of aromatic nitrogens is 2. The van der Waals surface area contributed by atoms with E-state index in [0.717, 1.165) is 25.9 Å². The van der Waals surface area contributed by atoms with Gasteiger partial charge in [-0.25, -0.2) is 9.97 Å². The fraction of sp³-hybridized carbons (Fsp3) is 0.412. The van der Waals surface area contributed by atoms with Crippen molar-refractivity contribution in [2.45, 2.75) is 26.7 Å². The highest BCUT2D eigenvalue weighted by Crippen LogP contribution is 2.22. The topological polar surface area (TPSA) is 75.9 Å². The van der Waals surface area contributed by atoms with Gasteiger partial charge in [0.25, 0.3) is 0 Å². The van der Waals surface area contributed by atoms with E-state index in [9.17, 15) is 0 Å². The lowest BCUT2D eigenvalue weighted by molar-refractivity contribution is 0.606. The largest absolute Gasteiger partial charge is 0.393 e. The van der Waals surface area contributed by atoms with Crippen molar-refractivity contribution < 1.29 is 0 Å². The Balaban J connectivity index is 1.88. The second-order valence-electron chi connectivity index (χ2n) is 5.76. The fourth-order valence-electron chi connectivity index (χ4n) is 2.13. The number of rotatable bonds is 8. The molecule has 22 heavy (non-hydrogen) atoms. The third-order valence-electron chi connectivity index (χ3n) is 3.45. The molecule has 1 heterocycles. The second kappa shape index (κ2) is 8.22. The van der Waals surface area contributed by atoms with Crippen molar-refractivity contribution >= 4 is 17.3 Å². The highest BCUT2D eigenvalue weighted by molar-refractivity contribution is 5.73. The molecule has 1 aromatic carbocycles. The Bertz CT molecular complexity index is 569. The number of nitrogens with zero attached hydrogens (tertiary/aromatic N) is 2. The highest BCUT2D eigenvalue weighted by Gasteiger charge is 2.07. The summed E-state index contributed by atoms with van der Waals surface area (Å²) in [6.45, 7) is 6.04. The molecule has 0 unspecified atom stereocenters. The molecule has 1 aromatic heterocycles. The Morgan fingerprint density at radius 1 is 1.00 bits per heavy atom. The first-order valence-corrected chi connectivity index (χ1v) is 7.79. The maximum atomic E-state index is 6.13. The zero-order valence-electron chi connectivity index (χ0n) is 13.3. The SMILES string of the molecule is CC(C)CCNc1ncnc(NCCc2ccccc2)c1N. The van der Waals surface area contributed by atoms with Crippen LogP contribution in [0.15, 0.2) is 36.7 Å². The summed E-state index contributed by atoms with van der Waals surface area (Å²) in [5.41, 5.74) is 8.00. The molecule has 4 N–H and O–H groups in total. The van der Waals surface area contributed by atoms with E-state index < -0.39 is 0 Å². The Kier molecular flexibility index (Phi) is 6.01. The zero-order chi connectivity index (χ0) is 15.8. The number of nitrogens with one attached hydrogen (secondary N) is 2. The second-order valence-corrected chi connectivity index (χ2v) is 5.76. The molecule has 5 nitrogen and oxygen atoms in total. The molecule has 0 bridgehead atoms. The van der Waals surface area contributed by atoms with E-state index in [-0.39, 0.29) is 0 Å². The number of nitrogen functional groups attached to an aromatic ring is 1. The van der Waals surface area contributed by atoms with Gasteiger partial charge in [-0.3, -0.25) is 0 Å². The average Bonchev–Trinajstić information content (AvgIpc) is 2.51. The number of nitrogens with two attached hydrogens (primary N) is 1. The highest BCUT2D eigenvalue weighted by atomic mass is 15.1. The van der Waals surface area contributed by atoms with Crippen LogP contribution < -0.4 is 16.4 Å². The lowest BCUT2D eigenvalue weighted by Crippen LogP contribution is -2.13. The molecule has 0 amide bonds. The van der Waals surface area contributed by atoms with Crippen molar-refractivity contribution in [3.8, 4) is 0 Å². The molecular formula is C17H25N5. The van der Waals surface area contributed by atoms with Crippen LogP contribution in [-0.2, 0) is 6.42 Å². The summed E-state index contributed by atoms with van der Waals surface area (Å²) in [7, 11) is 0. The van der Waals surface area contributed by atoms with Gasteiger partial charge in [0.2, 0.25) is 0 Å². The van der Waals surface area contributed by atoms with Gasteiger partial charge in [0, 0.05) is 13.1 Å². The van der Waals surface area contributed by atoms with Gasteiger partial charge in [0.15, 0.2) is 11.6 Å². The van der Waals surface area contributed by atoms with Crippen LogP contribution in [0.4, 0.5) is 17.3 Å². The van der Waals surface area contributed by atoms with Crippen molar-refractivity contribution in [1.82, 2.24) is 9.97 Å². The summed E-state index contributed by atoms with van der Waals surface area (Å²) >= 11 is 0. The lowest BCUT2D eigenvalue weighted by atomic mass is 10.1. The average molecular weight is 299 g/mol. The van der Waals surface area contributed by atoms with Crippen LogP contribution >= 0.6 is 0 Å². The summed E-state index contributed by atoms with van der Waals surface area (Å²) in [6, 6.07) is 10.3. The fourth-order valence-corrected chi connectivity index (χ4v) is 2.13. The molecule has 0 fully saturated rings. The Labute approximate surface area is 132 Å². The first-order valence-electron chi connectivity index (χ1n) is 7.79. The number of hydrogen-bond acceptors (Lipinski definition) is 5. The summed E-state index contributed by atoms with van der Waals surface area (Å²) in [5, 5.41) is 6.56. The van der Waals surface area contributed by atoms with Gasteiger partial charge in [-0.05, 0) is 24.3 Å². The van der Waals surface area contributed by atoms with Crippen LogP contribution in [0.25, 0.3) is 0 Å². The maximum absolute atomic E-state index is 6.13. The molecular weight excluding hydrogens is 274 g/mol. The number of benzene rings is 1. The molecule has 0 radical (unpaired) electrons. The van der Waals surface area contributed by atoms with Crippen LogP contribution in [0.2, 0.25) is 0 Å². The summed E-state index contributed by atoms with van der Waals surface area (Å²) in [6.07, 6.45) is 3.56. The quantitative estimate of drug-likeness (QED) is 0.698. The minimum absolute atomic E-state index is 0.583. The third-order valence-corrected chi connectivity index (χ3v) is 3.45. The molecule has 0 atom stereocenters. The van der Waals surface area contributed by atoms with Crippen molar-refractivity contribution in [3.63, 3.8) is 0 Å². The van der Waals surface area contributed by atoms with Gasteiger partial charge in [-0.15, -0.1) is 0 Å². The molecule has 118 valence electrons. The maximum Gasteiger partial charge on any atom is 0.154 e. The van der Waals surface area contributed by atoms with Crippen molar-refractivity contribution in [1.29, 1.82) is 0 Å². The van der Waals surface area contributed by atoms with Crippen molar-refractivity contribution in [2.24, 2.45) is 5.92 Å². The predicted octanol–water partition coefficient (Wildman–Crippen LogP) is 3.17. The van der Waals surface area contributed by atoms with E-state index >= 15 is 0 Å². The monoisotopic (exact) mass is 299 g/mol. The van der Waals surface area contributed by atoms with Gasteiger partial charge in [0.05, 0.1) is 0 Å². The Hall–Kier alpha value is -2.30. The lowest BCUT2D eigenvalue weighted by Gasteiger charge is -2.13. The molecule has 5 heteroatoms. The van der Waals surface area contributed by atoms with Crippen LogP contribution in [0.1, 0.15) is 25.8 Å². The van der Waals surface area contributed by atoms with Gasteiger partial charge in [-0.1, -0.05) is 44.2 Å². The minimum Gasteiger partial charge on any atom is -0.393 e. The van der Waals surface area contributed by atoms with E-state index in [1.807, 2.05) is 18.2 Å². The Morgan fingerprint density at radius 3 is 2.27 bits per heavy atom. The molecule has 2 rings (SSSR count). The first kappa shape index (κ1) is 16.1. The van der Waals surface area contributed by atoms with Crippen molar-refractivity contribution in [2.75, 3.05) is 29.5 Å². The van der Waals surface area contributed by atoms with Gasteiger partial charge in [0.1, 0.15) is 12.0 Å². The summed E-state index contributed by atoms with van der Waals surface area (Å²) in [5.74, 6) is 2.05. The first-order chi connectivity index (χ1) is 10.7. The van der Waals surface area contributed by atoms with E-state index in [0.29, 0.717) is 23.2 Å². The van der Waals surface area contributed by atoms with Gasteiger partial charge < -0.3 is 16.4 Å². The van der Waals surface area contributed by atoms with E-state index in [1.165, 1.54) is 5.56 Å². The van der Waals surface area contributed by atoms with Crippen LogP contribution in [-0.4, -0.2) is 23.1 Å². The number of hydrogen-bond donors (Lipinski definition) is 3. The molecule has 0 aliphatic carbocycles. The molecule has 0 saturated heterocycles.